The number of esters is 1. The number of aryl methyl sites for hydroxylation is 1. The number of aliphatic hydroxyl groups excluding tert-OH is 1. The van der Waals surface area contributed by atoms with Crippen LogP contribution in [0.5, 0.6) is 5.75 Å². The molecule has 2 unspecified atom stereocenters. The Morgan fingerprint density at radius 2 is 2.10 bits per heavy atom. The number of aliphatic hydroxyl groups is 1. The van der Waals surface area contributed by atoms with Gasteiger partial charge in [-0.25, -0.2) is 4.79 Å². The highest BCUT2D eigenvalue weighted by Gasteiger charge is 2.18. The summed E-state index contributed by atoms with van der Waals surface area (Å²) < 4.78 is 10.5. The second kappa shape index (κ2) is 11.3. The Morgan fingerprint density at radius 3 is 2.90 bits per heavy atom. The first-order chi connectivity index (χ1) is 14.5. The zero-order valence-corrected chi connectivity index (χ0v) is 18.2. The molecule has 0 spiro atoms. The van der Waals surface area contributed by atoms with Crippen molar-refractivity contribution in [3.63, 3.8) is 0 Å². The lowest BCUT2D eigenvalue weighted by molar-refractivity contribution is -0.145. The molecule has 3 rings (SSSR count). The Morgan fingerprint density at radius 1 is 1.23 bits per heavy atom. The maximum atomic E-state index is 11.6. The number of nitrogens with one attached hydrogen (secondary N) is 1. The molecule has 0 saturated heterocycles. The summed E-state index contributed by atoms with van der Waals surface area (Å²) >= 11 is 6.04. The highest BCUT2D eigenvalue weighted by molar-refractivity contribution is 6.30. The maximum absolute atomic E-state index is 11.6. The predicted molar refractivity (Wildman–Crippen MR) is 118 cm³/mol. The van der Waals surface area contributed by atoms with E-state index in [4.69, 9.17) is 21.1 Å². The molecule has 1 aliphatic carbocycles. The van der Waals surface area contributed by atoms with Crippen molar-refractivity contribution in [2.45, 2.75) is 51.2 Å². The Kier molecular flexibility index (Phi) is 8.55. The molecule has 0 aromatic heterocycles. The molecule has 2 aromatic carbocycles. The van der Waals surface area contributed by atoms with Crippen LogP contribution in [0.15, 0.2) is 42.5 Å². The molecular weight excluding hydrogens is 402 g/mol. The Bertz CT molecular complexity index is 842. The summed E-state index contributed by atoms with van der Waals surface area (Å²) in [5, 5.41) is 14.7. The first-order valence-corrected chi connectivity index (χ1v) is 11.0. The largest absolute Gasteiger partial charge is 0.482 e. The molecule has 0 radical (unpaired) electrons. The quantitative estimate of drug-likeness (QED) is 0.612. The van der Waals surface area contributed by atoms with E-state index in [1.54, 1.807) is 19.1 Å². The normalized spacial score (nSPS) is 17.4. The van der Waals surface area contributed by atoms with Crippen LogP contribution in [-0.2, 0) is 22.4 Å². The van der Waals surface area contributed by atoms with E-state index in [0.717, 1.165) is 37.7 Å². The van der Waals surface area contributed by atoms with Gasteiger partial charge in [0.2, 0.25) is 0 Å². The fraction of sp³-hybridized carbons (Fsp3) is 0.458. The van der Waals surface area contributed by atoms with Crippen molar-refractivity contribution >= 4 is 17.6 Å². The molecule has 2 atom stereocenters. The van der Waals surface area contributed by atoms with Gasteiger partial charge in [0.15, 0.2) is 6.61 Å². The summed E-state index contributed by atoms with van der Waals surface area (Å²) in [6, 6.07) is 13.7. The standard InChI is InChI=1S/C24H30ClNO4/c1-2-29-24(28)16-30-22-11-10-17-6-3-4-9-21(13-19(17)14-22)26-15-23(27)18-7-5-8-20(25)12-18/h5,7-8,10-12,14,21,23,26-27H,2-4,6,9,13,15-16H2,1H3. The van der Waals surface area contributed by atoms with Crippen LogP contribution in [-0.4, -0.2) is 36.9 Å². The van der Waals surface area contributed by atoms with Gasteiger partial charge in [-0.05, 0) is 73.6 Å². The molecule has 30 heavy (non-hydrogen) atoms. The third-order valence-corrected chi connectivity index (χ3v) is 5.62. The fourth-order valence-electron chi connectivity index (χ4n) is 3.83. The third-order valence-electron chi connectivity index (χ3n) is 5.39. The highest BCUT2D eigenvalue weighted by Crippen LogP contribution is 2.25. The van der Waals surface area contributed by atoms with Crippen LogP contribution in [0.2, 0.25) is 5.02 Å². The SMILES string of the molecule is CCOC(=O)COc1ccc2c(c1)CC(NCC(O)c1cccc(Cl)c1)CCCC2. The van der Waals surface area contributed by atoms with E-state index in [1.807, 2.05) is 24.3 Å². The van der Waals surface area contributed by atoms with Crippen molar-refractivity contribution in [1.29, 1.82) is 0 Å². The minimum Gasteiger partial charge on any atom is -0.482 e. The molecule has 6 heteroatoms. The van der Waals surface area contributed by atoms with Gasteiger partial charge in [0.05, 0.1) is 12.7 Å². The lowest BCUT2D eigenvalue weighted by Crippen LogP contribution is -2.35. The van der Waals surface area contributed by atoms with Gasteiger partial charge in [0.1, 0.15) is 5.75 Å². The maximum Gasteiger partial charge on any atom is 0.344 e. The zero-order valence-electron chi connectivity index (χ0n) is 17.4. The average molecular weight is 432 g/mol. The Hall–Kier alpha value is -2.08. The minimum atomic E-state index is -0.604. The number of carbonyl (C=O) groups excluding carboxylic acids is 1. The van der Waals surface area contributed by atoms with Gasteiger partial charge >= 0.3 is 5.97 Å². The van der Waals surface area contributed by atoms with Crippen LogP contribution < -0.4 is 10.1 Å². The van der Waals surface area contributed by atoms with Crippen molar-refractivity contribution < 1.29 is 19.4 Å². The first kappa shape index (κ1) is 22.6. The Balaban J connectivity index is 1.62. The molecular formula is C24H30ClNO4. The number of hydrogen-bond donors (Lipinski definition) is 2. The van der Waals surface area contributed by atoms with Gasteiger partial charge in [-0.15, -0.1) is 0 Å². The molecule has 5 nitrogen and oxygen atoms in total. The second-order valence-electron chi connectivity index (χ2n) is 7.65. The molecule has 0 amide bonds. The molecule has 0 saturated carbocycles. The van der Waals surface area contributed by atoms with Crippen LogP contribution >= 0.6 is 11.6 Å². The van der Waals surface area contributed by atoms with Crippen LogP contribution in [0.3, 0.4) is 0 Å². The fourth-order valence-corrected chi connectivity index (χ4v) is 4.03. The van der Waals surface area contributed by atoms with Crippen LogP contribution in [0.25, 0.3) is 0 Å². The molecule has 2 N–H and O–H groups in total. The smallest absolute Gasteiger partial charge is 0.344 e. The molecule has 2 aromatic rings. The second-order valence-corrected chi connectivity index (χ2v) is 8.09. The van der Waals surface area contributed by atoms with Crippen LogP contribution in [0.4, 0.5) is 0 Å². The number of ether oxygens (including phenoxy) is 2. The van der Waals surface area contributed by atoms with Gasteiger partial charge in [-0.1, -0.05) is 36.2 Å². The van der Waals surface area contributed by atoms with Gasteiger partial charge < -0.3 is 19.9 Å². The number of carbonyl (C=O) groups is 1. The van der Waals surface area contributed by atoms with Gasteiger partial charge in [0, 0.05) is 17.6 Å². The van der Waals surface area contributed by atoms with Crippen molar-refractivity contribution in [3.8, 4) is 5.75 Å². The number of hydrogen-bond acceptors (Lipinski definition) is 5. The van der Waals surface area contributed by atoms with Crippen molar-refractivity contribution in [3.05, 3.63) is 64.2 Å². The summed E-state index contributed by atoms with van der Waals surface area (Å²) in [5.41, 5.74) is 3.36. The number of halogens is 1. The monoisotopic (exact) mass is 431 g/mol. The van der Waals surface area contributed by atoms with E-state index in [-0.39, 0.29) is 18.6 Å². The summed E-state index contributed by atoms with van der Waals surface area (Å²) in [4.78, 5) is 11.6. The third kappa shape index (κ3) is 6.73. The highest BCUT2D eigenvalue weighted by atomic mass is 35.5. The van der Waals surface area contributed by atoms with E-state index >= 15 is 0 Å². The lowest BCUT2D eigenvalue weighted by Gasteiger charge is -2.25. The lowest BCUT2D eigenvalue weighted by atomic mass is 9.90. The van der Waals surface area contributed by atoms with Gasteiger partial charge in [-0.3, -0.25) is 0 Å². The average Bonchev–Trinajstić information content (AvgIpc) is 2.72. The van der Waals surface area contributed by atoms with Crippen LogP contribution in [0.1, 0.15) is 49.0 Å². The molecule has 1 aliphatic rings. The minimum absolute atomic E-state index is 0.0832. The number of benzene rings is 2. The Labute approximate surface area is 183 Å². The molecule has 0 heterocycles. The first-order valence-electron chi connectivity index (χ1n) is 10.6. The predicted octanol–water partition coefficient (Wildman–Crippen LogP) is 4.24. The van der Waals surface area contributed by atoms with E-state index in [2.05, 4.69) is 11.4 Å². The van der Waals surface area contributed by atoms with E-state index in [1.165, 1.54) is 11.1 Å². The zero-order chi connectivity index (χ0) is 21.3. The topological polar surface area (TPSA) is 67.8 Å². The molecule has 162 valence electrons. The van der Waals surface area contributed by atoms with E-state index in [0.29, 0.717) is 23.9 Å². The van der Waals surface area contributed by atoms with E-state index < -0.39 is 6.10 Å². The van der Waals surface area contributed by atoms with Gasteiger partial charge in [-0.2, -0.15) is 0 Å². The van der Waals surface area contributed by atoms with Crippen molar-refractivity contribution in [2.75, 3.05) is 19.8 Å². The summed E-state index contributed by atoms with van der Waals surface area (Å²) in [6.45, 7) is 2.51. The van der Waals surface area contributed by atoms with Crippen molar-refractivity contribution in [1.82, 2.24) is 5.32 Å². The number of fused-ring (bicyclic) bond motifs is 1. The van der Waals surface area contributed by atoms with Crippen molar-refractivity contribution in [2.24, 2.45) is 0 Å². The molecule has 0 fully saturated rings. The summed E-state index contributed by atoms with van der Waals surface area (Å²) in [6.07, 6.45) is 4.62. The summed E-state index contributed by atoms with van der Waals surface area (Å²) in [7, 11) is 0. The summed E-state index contributed by atoms with van der Waals surface area (Å²) in [5.74, 6) is 0.318. The number of rotatable bonds is 8. The molecule has 0 aliphatic heterocycles. The van der Waals surface area contributed by atoms with Gasteiger partial charge in [0.25, 0.3) is 0 Å². The van der Waals surface area contributed by atoms with Crippen LogP contribution in [0, 0.1) is 0 Å². The molecule has 0 bridgehead atoms. The van der Waals surface area contributed by atoms with E-state index in [9.17, 15) is 9.90 Å².